The topological polar surface area (TPSA) is 188 Å². The summed E-state index contributed by atoms with van der Waals surface area (Å²) in [6.45, 7) is 13.1. The molecule has 80 heavy (non-hydrogen) atoms. The van der Waals surface area contributed by atoms with Crippen LogP contribution in [0.4, 0.5) is 4.39 Å². The van der Waals surface area contributed by atoms with Gasteiger partial charge in [0, 0.05) is 68.5 Å². The second-order valence-electron chi connectivity index (χ2n) is 20.1. The molecule has 0 radical (unpaired) electrons. The van der Waals surface area contributed by atoms with Crippen molar-refractivity contribution in [2.75, 3.05) is 126 Å². The van der Waals surface area contributed by atoms with E-state index >= 15 is 0 Å². The lowest BCUT2D eigenvalue weighted by Crippen LogP contribution is -2.49. The Morgan fingerprint density at radius 2 is 1.49 bits per heavy atom. The van der Waals surface area contributed by atoms with Crippen molar-refractivity contribution in [3.05, 3.63) is 105 Å². The lowest BCUT2D eigenvalue weighted by atomic mass is 9.68. The molecular formula is C58H69Cl2FN6O12S. The molecule has 10 rings (SSSR count). The maximum atomic E-state index is 14.5. The van der Waals surface area contributed by atoms with Crippen molar-refractivity contribution in [1.29, 1.82) is 0 Å². The molecule has 22 heteroatoms. The second-order valence-corrected chi connectivity index (χ2v) is 21.9. The van der Waals surface area contributed by atoms with E-state index in [1.807, 2.05) is 13.8 Å². The fourth-order valence-corrected chi connectivity index (χ4v) is 11.6. The average molecular weight is 1160 g/mol. The summed E-state index contributed by atoms with van der Waals surface area (Å²) in [5.41, 5.74) is 4.04. The summed E-state index contributed by atoms with van der Waals surface area (Å²) in [5, 5.41) is 12.0. The number of carboxylic acid groups (broad SMARTS) is 1. The number of rotatable bonds is 25. The Bertz CT molecular complexity index is 2990. The lowest BCUT2D eigenvalue weighted by Gasteiger charge is -2.40. The van der Waals surface area contributed by atoms with E-state index in [1.54, 1.807) is 49.7 Å². The van der Waals surface area contributed by atoms with E-state index in [1.165, 1.54) is 29.8 Å². The number of aliphatic carboxylic acids is 1. The maximum Gasteiger partial charge on any atom is 0.345 e. The third-order valence-electron chi connectivity index (χ3n) is 14.5. The molecular weight excluding hydrogens is 1090 g/mol. The molecule has 3 aromatic carbocycles. The number of nitrogens with zero attached hydrogens (tertiary/aromatic N) is 6. The highest BCUT2D eigenvalue weighted by atomic mass is 35.5. The van der Waals surface area contributed by atoms with Gasteiger partial charge in [-0.05, 0) is 92.4 Å². The number of hydrogen-bond acceptors (Lipinski definition) is 18. The Kier molecular flexibility index (Phi) is 21.2. The van der Waals surface area contributed by atoms with Crippen LogP contribution in [0, 0.1) is 19.7 Å². The van der Waals surface area contributed by atoms with Crippen LogP contribution in [0.1, 0.15) is 47.5 Å². The van der Waals surface area contributed by atoms with Crippen molar-refractivity contribution in [2.45, 2.75) is 63.8 Å². The van der Waals surface area contributed by atoms with Gasteiger partial charge in [-0.2, -0.15) is 0 Å². The Morgan fingerprint density at radius 3 is 2.12 bits per heavy atom. The second kappa shape index (κ2) is 28.6. The summed E-state index contributed by atoms with van der Waals surface area (Å²) in [4.78, 5) is 38.2. The molecule has 0 amide bonds. The minimum absolute atomic E-state index is 0.0223. The smallest absolute Gasteiger partial charge is 0.345 e. The monoisotopic (exact) mass is 1160 g/mol. The fraction of sp³-hybridized carbons (Fsp3) is 0.500. The Hall–Kier alpha value is -5.36. The molecule has 4 aliphatic rings. The van der Waals surface area contributed by atoms with Gasteiger partial charge in [-0.1, -0.05) is 41.8 Å². The number of thiophene rings is 1. The third kappa shape index (κ3) is 14.8. The first-order chi connectivity index (χ1) is 38.9. The molecule has 6 heterocycles. The summed E-state index contributed by atoms with van der Waals surface area (Å²) < 4.78 is 74.3. The molecule has 0 spiro atoms. The van der Waals surface area contributed by atoms with Gasteiger partial charge in [0.25, 0.3) is 0 Å². The van der Waals surface area contributed by atoms with E-state index in [0.717, 1.165) is 45.4 Å². The third-order valence-corrected chi connectivity index (χ3v) is 16.6. The van der Waals surface area contributed by atoms with Crippen LogP contribution in [0.2, 0.25) is 10.0 Å². The Labute approximate surface area is 479 Å². The number of hydrogen-bond donors (Lipinski definition) is 1. The van der Waals surface area contributed by atoms with Crippen molar-refractivity contribution in [3.8, 4) is 44.7 Å². The normalized spacial score (nSPS) is 17.6. The number of halogens is 3. The molecule has 430 valence electrons. The van der Waals surface area contributed by atoms with Crippen molar-refractivity contribution >= 4 is 50.7 Å². The molecule has 6 aromatic rings. The molecule has 4 bridgehead atoms. The predicted octanol–water partition coefficient (Wildman–Crippen LogP) is 9.07. The number of carboxylic acids is 1. The van der Waals surface area contributed by atoms with Gasteiger partial charge in [-0.25, -0.2) is 29.1 Å². The number of likely N-dealkylation sites (N-methyl/N-ethyl adjacent to an activating group) is 1. The van der Waals surface area contributed by atoms with Crippen LogP contribution in [0.5, 0.6) is 23.1 Å². The summed E-state index contributed by atoms with van der Waals surface area (Å²) in [6.07, 6.45) is 3.66. The minimum atomic E-state index is -1.48. The summed E-state index contributed by atoms with van der Waals surface area (Å²) in [6, 6.07) is 13.2. The van der Waals surface area contributed by atoms with E-state index < -0.39 is 24.0 Å². The van der Waals surface area contributed by atoms with Gasteiger partial charge in [0.1, 0.15) is 53.6 Å². The van der Waals surface area contributed by atoms with E-state index in [9.17, 15) is 14.3 Å². The largest absolute Gasteiger partial charge is 0.490 e. The molecule has 1 saturated heterocycles. The molecule has 2 atom stereocenters. The van der Waals surface area contributed by atoms with Crippen LogP contribution in [-0.2, 0) is 51.7 Å². The van der Waals surface area contributed by atoms with Crippen LogP contribution < -0.4 is 18.9 Å². The number of carbonyl (C=O) groups is 1. The van der Waals surface area contributed by atoms with Crippen molar-refractivity contribution in [1.82, 2.24) is 29.7 Å². The zero-order chi connectivity index (χ0) is 56.0. The van der Waals surface area contributed by atoms with Gasteiger partial charge in [0.05, 0.1) is 99.2 Å². The van der Waals surface area contributed by atoms with Crippen molar-refractivity contribution in [2.24, 2.45) is 0 Å². The van der Waals surface area contributed by atoms with Crippen LogP contribution in [0.15, 0.2) is 61.1 Å². The van der Waals surface area contributed by atoms with Crippen molar-refractivity contribution < 1.29 is 61.7 Å². The zero-order valence-corrected chi connectivity index (χ0v) is 48.0. The highest BCUT2D eigenvalue weighted by Crippen LogP contribution is 2.53. The average Bonchev–Trinajstić information content (AvgIpc) is 3.95. The SMILES string of the molecule is COCCOCCOCCOCCOCCOCC1(c2nccc(COc3ccc4cc3C[C@H](C(=O)O)Oc3ncnc5sc(-c6ccc(F)cc6)c(c35)-c3c(C)c(Cl)c(c(Cl)c3C)O[C@H](CN3CCN(C)CC3)CO4)n2)CCC1. The number of ether oxygens (including phenoxy) is 10. The number of fused-ring (bicyclic) bond motifs is 7. The van der Waals surface area contributed by atoms with Gasteiger partial charge in [-0.15, -0.1) is 11.3 Å². The van der Waals surface area contributed by atoms with E-state index in [-0.39, 0.29) is 30.9 Å². The van der Waals surface area contributed by atoms with Gasteiger partial charge in [-0.3, -0.25) is 4.90 Å². The van der Waals surface area contributed by atoms with Crippen LogP contribution >= 0.6 is 34.5 Å². The van der Waals surface area contributed by atoms with Crippen LogP contribution in [0.25, 0.3) is 31.8 Å². The van der Waals surface area contributed by atoms with Gasteiger partial charge < -0.3 is 57.4 Å². The van der Waals surface area contributed by atoms with Gasteiger partial charge in [0.2, 0.25) is 12.0 Å². The summed E-state index contributed by atoms with van der Waals surface area (Å²) in [5.74, 6) is 0.225. The maximum absolute atomic E-state index is 14.5. The Balaban J connectivity index is 0.943. The van der Waals surface area contributed by atoms with Crippen LogP contribution in [0.3, 0.4) is 0 Å². The predicted molar refractivity (Wildman–Crippen MR) is 302 cm³/mol. The first-order valence-corrected chi connectivity index (χ1v) is 28.6. The minimum Gasteiger partial charge on any atom is -0.490 e. The molecule has 3 aliphatic heterocycles. The summed E-state index contributed by atoms with van der Waals surface area (Å²) >= 11 is 16.1. The van der Waals surface area contributed by atoms with Gasteiger partial charge >= 0.3 is 5.97 Å². The summed E-state index contributed by atoms with van der Waals surface area (Å²) in [7, 11) is 3.74. The van der Waals surface area contributed by atoms with E-state index in [4.69, 9.17) is 80.5 Å². The van der Waals surface area contributed by atoms with Crippen molar-refractivity contribution in [3.63, 3.8) is 0 Å². The lowest BCUT2D eigenvalue weighted by molar-refractivity contribution is -0.145. The molecule has 3 aromatic heterocycles. The number of benzene rings is 3. The highest BCUT2D eigenvalue weighted by Gasteiger charge is 2.42. The molecule has 18 nitrogen and oxygen atoms in total. The number of piperazine rings is 1. The highest BCUT2D eigenvalue weighted by molar-refractivity contribution is 7.22. The standard InChI is InChI=1S/C58H69Cl2FN6O12S/c1-37-47-38(2)51(60)52(50(37)59)78-44(32-67-18-16-66(3)17-19-67)34-76-43-10-11-45(40(30-43)31-46(56(68)69)79-54-49-48(47)53(80-55(49)64-36-63-54)39-6-8-41(61)9-7-39)77-33-42-12-15-62-57(65-42)58(13-5-14-58)35-75-29-28-74-27-26-73-25-24-72-23-22-71-21-20-70-4/h6-12,15,30,36,44,46H,5,13-14,16-29,31-35H2,1-4H3,(H,68,69)/t44-,46-/m1/s1. The fourth-order valence-electron chi connectivity index (χ4n) is 9.92. The number of aromatic nitrogens is 4. The number of methoxy groups -OCH3 is 1. The molecule has 1 aliphatic carbocycles. The molecule has 2 fully saturated rings. The molecule has 1 N–H and O–H groups in total. The zero-order valence-electron chi connectivity index (χ0n) is 45.6. The molecule has 1 saturated carbocycles. The van der Waals surface area contributed by atoms with Gasteiger partial charge in [0.15, 0.2) is 5.75 Å². The Morgan fingerprint density at radius 1 is 0.825 bits per heavy atom. The van der Waals surface area contributed by atoms with Crippen LogP contribution in [-0.4, -0.2) is 179 Å². The first kappa shape index (κ1) is 59.3. The molecule has 0 unspecified atom stereocenters. The van der Waals surface area contributed by atoms with E-state index in [2.05, 4.69) is 26.8 Å². The first-order valence-electron chi connectivity index (χ1n) is 27.0. The quantitative estimate of drug-likeness (QED) is 0.0534. The van der Waals surface area contributed by atoms with E-state index in [0.29, 0.717) is 167 Å².